The third kappa shape index (κ3) is 1.77. The molecule has 2 heterocycles. The SMILES string of the molecule is CCCCc1nc2c(C)n[nH]c(=O)c2[nH]1. The van der Waals surface area contributed by atoms with Gasteiger partial charge in [0.1, 0.15) is 16.9 Å². The fraction of sp³-hybridized carbons (Fsp3) is 0.500. The lowest BCUT2D eigenvalue weighted by molar-refractivity contribution is 0.764. The quantitative estimate of drug-likeness (QED) is 0.794. The average Bonchev–Trinajstić information content (AvgIpc) is 2.66. The van der Waals surface area contributed by atoms with Gasteiger partial charge in [0.25, 0.3) is 5.56 Å². The smallest absolute Gasteiger partial charge is 0.290 e. The number of rotatable bonds is 3. The molecule has 2 rings (SSSR count). The number of H-pyrrole nitrogens is 2. The van der Waals surface area contributed by atoms with E-state index in [1.165, 1.54) is 0 Å². The van der Waals surface area contributed by atoms with E-state index in [0.717, 1.165) is 30.8 Å². The number of fused-ring (bicyclic) bond motifs is 1. The van der Waals surface area contributed by atoms with Crippen LogP contribution in [0.3, 0.4) is 0 Å². The Bertz CT molecular complexity index is 526. The summed E-state index contributed by atoms with van der Waals surface area (Å²) in [6, 6.07) is 0. The van der Waals surface area contributed by atoms with Crippen molar-refractivity contribution in [2.24, 2.45) is 0 Å². The molecule has 2 N–H and O–H groups in total. The van der Waals surface area contributed by atoms with E-state index in [2.05, 4.69) is 27.1 Å². The van der Waals surface area contributed by atoms with E-state index in [-0.39, 0.29) is 5.56 Å². The maximum atomic E-state index is 11.4. The summed E-state index contributed by atoms with van der Waals surface area (Å²) < 4.78 is 0. The standard InChI is InChI=1S/C10H14N4O/c1-3-4-5-7-11-8-6(2)13-14-10(15)9(8)12-7/h3-5H2,1-2H3,(H,11,12)(H,14,15). The predicted octanol–water partition coefficient (Wildman–Crippen LogP) is 1.30. The van der Waals surface area contributed by atoms with Crippen LogP contribution in [0.5, 0.6) is 0 Å². The van der Waals surface area contributed by atoms with Gasteiger partial charge in [-0.15, -0.1) is 0 Å². The molecule has 0 amide bonds. The van der Waals surface area contributed by atoms with Crippen LogP contribution >= 0.6 is 0 Å². The first kappa shape index (κ1) is 9.89. The number of imidazole rings is 1. The van der Waals surface area contributed by atoms with E-state index < -0.39 is 0 Å². The van der Waals surface area contributed by atoms with Crippen molar-refractivity contribution >= 4 is 11.0 Å². The van der Waals surface area contributed by atoms with E-state index in [1.807, 2.05) is 6.92 Å². The summed E-state index contributed by atoms with van der Waals surface area (Å²) in [7, 11) is 0. The molecule has 5 nitrogen and oxygen atoms in total. The second-order valence-electron chi connectivity index (χ2n) is 3.65. The minimum absolute atomic E-state index is 0.203. The van der Waals surface area contributed by atoms with Crippen molar-refractivity contribution in [1.29, 1.82) is 0 Å². The highest BCUT2D eigenvalue weighted by Gasteiger charge is 2.08. The molecule has 2 aromatic heterocycles. The molecule has 15 heavy (non-hydrogen) atoms. The van der Waals surface area contributed by atoms with Crippen molar-refractivity contribution in [3.63, 3.8) is 0 Å². The monoisotopic (exact) mass is 206 g/mol. The van der Waals surface area contributed by atoms with Crippen LogP contribution in [-0.2, 0) is 6.42 Å². The third-order valence-electron chi connectivity index (χ3n) is 2.41. The van der Waals surface area contributed by atoms with Gasteiger partial charge in [0, 0.05) is 6.42 Å². The zero-order chi connectivity index (χ0) is 10.8. The summed E-state index contributed by atoms with van der Waals surface area (Å²) in [6.07, 6.45) is 3.07. The van der Waals surface area contributed by atoms with E-state index >= 15 is 0 Å². The van der Waals surface area contributed by atoms with Crippen molar-refractivity contribution in [1.82, 2.24) is 20.2 Å². The highest BCUT2D eigenvalue weighted by atomic mass is 16.1. The Balaban J connectivity index is 2.50. The van der Waals surface area contributed by atoms with Crippen molar-refractivity contribution in [2.45, 2.75) is 33.1 Å². The summed E-state index contributed by atoms with van der Waals surface area (Å²) in [6.45, 7) is 3.96. The first-order valence-corrected chi connectivity index (χ1v) is 5.16. The van der Waals surface area contributed by atoms with Crippen molar-refractivity contribution < 1.29 is 0 Å². The number of hydrogen-bond donors (Lipinski definition) is 2. The zero-order valence-corrected chi connectivity index (χ0v) is 8.92. The first-order chi connectivity index (χ1) is 7.22. The normalized spacial score (nSPS) is 11.1. The Morgan fingerprint density at radius 1 is 1.40 bits per heavy atom. The minimum atomic E-state index is -0.203. The molecule has 0 atom stereocenters. The predicted molar refractivity (Wildman–Crippen MR) is 57.9 cm³/mol. The number of nitrogens with zero attached hydrogens (tertiary/aromatic N) is 2. The molecule has 0 bridgehead atoms. The molecule has 5 heteroatoms. The second kappa shape index (κ2) is 3.84. The molecule has 0 aliphatic heterocycles. The Hall–Kier alpha value is -1.65. The Morgan fingerprint density at radius 3 is 2.87 bits per heavy atom. The zero-order valence-electron chi connectivity index (χ0n) is 8.92. The number of unbranched alkanes of at least 4 members (excludes halogenated alkanes) is 1. The Kier molecular flexibility index (Phi) is 2.53. The highest BCUT2D eigenvalue weighted by Crippen LogP contribution is 2.10. The molecule has 0 saturated heterocycles. The largest absolute Gasteiger partial charge is 0.337 e. The van der Waals surface area contributed by atoms with Crippen LogP contribution in [0.4, 0.5) is 0 Å². The fourth-order valence-corrected chi connectivity index (χ4v) is 1.55. The van der Waals surface area contributed by atoms with Crippen LogP contribution in [-0.4, -0.2) is 20.2 Å². The summed E-state index contributed by atoms with van der Waals surface area (Å²) in [5.74, 6) is 0.869. The topological polar surface area (TPSA) is 74.4 Å². The molecule has 0 fully saturated rings. The minimum Gasteiger partial charge on any atom is -0.337 e. The van der Waals surface area contributed by atoms with E-state index in [0.29, 0.717) is 11.0 Å². The molecule has 0 aromatic carbocycles. The van der Waals surface area contributed by atoms with Gasteiger partial charge in [0.2, 0.25) is 0 Å². The second-order valence-corrected chi connectivity index (χ2v) is 3.65. The van der Waals surface area contributed by atoms with Crippen molar-refractivity contribution in [2.75, 3.05) is 0 Å². The van der Waals surface area contributed by atoms with Gasteiger partial charge in [-0.25, -0.2) is 10.1 Å². The van der Waals surface area contributed by atoms with Gasteiger partial charge in [-0.3, -0.25) is 4.79 Å². The summed E-state index contributed by atoms with van der Waals surface area (Å²) in [4.78, 5) is 18.8. The van der Waals surface area contributed by atoms with Crippen molar-refractivity contribution in [3.8, 4) is 0 Å². The first-order valence-electron chi connectivity index (χ1n) is 5.16. The van der Waals surface area contributed by atoms with Gasteiger partial charge in [0.05, 0.1) is 5.69 Å². The summed E-state index contributed by atoms with van der Waals surface area (Å²) >= 11 is 0. The number of aryl methyl sites for hydroxylation is 2. The van der Waals surface area contributed by atoms with Crippen LogP contribution < -0.4 is 5.56 Å². The van der Waals surface area contributed by atoms with Gasteiger partial charge in [-0.05, 0) is 13.3 Å². The van der Waals surface area contributed by atoms with Crippen LogP contribution in [0.1, 0.15) is 31.3 Å². The fourth-order valence-electron chi connectivity index (χ4n) is 1.55. The van der Waals surface area contributed by atoms with Crippen molar-refractivity contribution in [3.05, 3.63) is 21.9 Å². The van der Waals surface area contributed by atoms with Crippen LogP contribution in [0.15, 0.2) is 4.79 Å². The lowest BCUT2D eigenvalue weighted by Crippen LogP contribution is -2.09. The number of nitrogens with one attached hydrogen (secondary N) is 2. The lowest BCUT2D eigenvalue weighted by Gasteiger charge is -1.90. The molecule has 80 valence electrons. The van der Waals surface area contributed by atoms with Gasteiger partial charge in [-0.1, -0.05) is 13.3 Å². The summed E-state index contributed by atoms with van der Waals surface area (Å²) in [5, 5.41) is 6.32. The molecule has 2 aromatic rings. The van der Waals surface area contributed by atoms with Gasteiger partial charge >= 0.3 is 0 Å². The van der Waals surface area contributed by atoms with E-state index in [9.17, 15) is 4.79 Å². The van der Waals surface area contributed by atoms with Gasteiger partial charge in [0.15, 0.2) is 0 Å². The maximum Gasteiger partial charge on any atom is 0.290 e. The molecular weight excluding hydrogens is 192 g/mol. The summed E-state index contributed by atoms with van der Waals surface area (Å²) in [5.41, 5.74) is 1.77. The molecule has 0 unspecified atom stereocenters. The van der Waals surface area contributed by atoms with Crippen LogP contribution in [0.25, 0.3) is 11.0 Å². The number of aromatic amines is 2. The third-order valence-corrected chi connectivity index (χ3v) is 2.41. The number of hydrogen-bond acceptors (Lipinski definition) is 3. The Morgan fingerprint density at radius 2 is 2.20 bits per heavy atom. The average molecular weight is 206 g/mol. The van der Waals surface area contributed by atoms with Crippen LogP contribution in [0, 0.1) is 6.92 Å². The van der Waals surface area contributed by atoms with Gasteiger partial charge < -0.3 is 4.98 Å². The maximum absolute atomic E-state index is 11.4. The molecule has 0 aliphatic rings. The molecule has 0 spiro atoms. The highest BCUT2D eigenvalue weighted by molar-refractivity contribution is 5.75. The molecule has 0 saturated carbocycles. The lowest BCUT2D eigenvalue weighted by atomic mass is 10.2. The molecule has 0 radical (unpaired) electrons. The Labute approximate surface area is 86.9 Å². The van der Waals surface area contributed by atoms with E-state index in [1.54, 1.807) is 0 Å². The molecular formula is C10H14N4O. The number of aromatic nitrogens is 4. The molecule has 0 aliphatic carbocycles. The van der Waals surface area contributed by atoms with E-state index in [4.69, 9.17) is 0 Å². The van der Waals surface area contributed by atoms with Crippen LogP contribution in [0.2, 0.25) is 0 Å². The van der Waals surface area contributed by atoms with Gasteiger partial charge in [-0.2, -0.15) is 5.10 Å².